The van der Waals surface area contributed by atoms with E-state index < -0.39 is 0 Å². The highest BCUT2D eigenvalue weighted by Gasteiger charge is 2.04. The van der Waals surface area contributed by atoms with Crippen LogP contribution in [0.2, 0.25) is 5.02 Å². The van der Waals surface area contributed by atoms with Gasteiger partial charge in [0.25, 0.3) is 0 Å². The van der Waals surface area contributed by atoms with Crippen molar-refractivity contribution in [3.63, 3.8) is 0 Å². The second kappa shape index (κ2) is 25.2. The maximum absolute atomic E-state index is 5.92. The van der Waals surface area contributed by atoms with Crippen LogP contribution in [0.4, 0.5) is 0 Å². The summed E-state index contributed by atoms with van der Waals surface area (Å²) in [5, 5.41) is 3.17. The van der Waals surface area contributed by atoms with Crippen molar-refractivity contribution in [3.8, 4) is 5.75 Å². The summed E-state index contributed by atoms with van der Waals surface area (Å²) in [5.41, 5.74) is 7.16. The second-order valence-electron chi connectivity index (χ2n) is 8.99. The number of allylic oxidation sites excluding steroid dienone is 2. The monoisotopic (exact) mass is 586 g/mol. The predicted octanol–water partition coefficient (Wildman–Crippen LogP) is 13.5. The van der Waals surface area contributed by atoms with Crippen molar-refractivity contribution >= 4 is 34.0 Å². The van der Waals surface area contributed by atoms with Crippen LogP contribution >= 0.6 is 11.6 Å². The number of ether oxygens (including phenoxy) is 1. The summed E-state index contributed by atoms with van der Waals surface area (Å²) in [6.45, 7) is 32.0. The molecular weight excluding hydrogens is 532 g/mol. The van der Waals surface area contributed by atoms with Gasteiger partial charge >= 0.3 is 0 Å². The third-order valence-electron chi connectivity index (χ3n) is 5.69. The lowest BCUT2D eigenvalue weighted by molar-refractivity contribution is 0.321. The highest BCUT2D eigenvalue weighted by atomic mass is 35.5. The zero-order valence-corrected chi connectivity index (χ0v) is 28.7. The Labute approximate surface area is 263 Å². The van der Waals surface area contributed by atoms with Gasteiger partial charge in [0.15, 0.2) is 0 Å². The number of hydrogen-bond acceptors (Lipinski definition) is 1. The molecule has 0 fully saturated rings. The average molecular weight is 587 g/mol. The van der Waals surface area contributed by atoms with Gasteiger partial charge in [-0.05, 0) is 86.4 Å². The maximum Gasteiger partial charge on any atom is 0.127 e. The summed E-state index contributed by atoms with van der Waals surface area (Å²) in [4.78, 5) is 0. The van der Waals surface area contributed by atoms with Crippen LogP contribution in [0, 0.1) is 20.8 Å². The van der Waals surface area contributed by atoms with Crippen LogP contribution in [0.25, 0.3) is 22.4 Å². The normalized spacial score (nSPS) is 8.83. The standard InChI is InChI=1S/C15H16O.C10H11Cl.C8H10.C3H6.2C2H6/c1-3-11-16-15-10-9-12(4-2)13-7-5-6-8-14(13)15;1-7(2)9-5-4-8(3)10(11)6-9;1-7-5-3-4-6-8(7)2;1-3-2;2*1-2/h4-10H,2-3,11H2,1H3;4-6H,1H2,2-3H3;3-6H,1-2H3;3H,1H2,2H3;2*1-2H3. The minimum Gasteiger partial charge on any atom is -0.493 e. The number of hydrogen-bond donors (Lipinski definition) is 0. The first-order chi connectivity index (χ1) is 20.2. The molecule has 0 spiro atoms. The van der Waals surface area contributed by atoms with E-state index in [0.29, 0.717) is 0 Å². The van der Waals surface area contributed by atoms with Gasteiger partial charge in [0, 0.05) is 10.4 Å². The van der Waals surface area contributed by atoms with Gasteiger partial charge in [0.05, 0.1) is 6.61 Å². The van der Waals surface area contributed by atoms with Crippen molar-refractivity contribution in [2.24, 2.45) is 0 Å². The molecule has 0 unspecified atom stereocenters. The molecule has 0 saturated carbocycles. The Balaban J connectivity index is 0. The van der Waals surface area contributed by atoms with Crippen LogP contribution in [0.5, 0.6) is 5.75 Å². The van der Waals surface area contributed by atoms with Crippen LogP contribution in [0.3, 0.4) is 0 Å². The third-order valence-corrected chi connectivity index (χ3v) is 6.10. The summed E-state index contributed by atoms with van der Waals surface area (Å²) < 4.78 is 5.73. The van der Waals surface area contributed by atoms with Crippen LogP contribution in [-0.4, -0.2) is 6.61 Å². The van der Waals surface area contributed by atoms with Crippen LogP contribution in [0.15, 0.2) is 105 Å². The van der Waals surface area contributed by atoms with Gasteiger partial charge in [-0.2, -0.15) is 0 Å². The Morgan fingerprint density at radius 1 is 0.762 bits per heavy atom. The smallest absolute Gasteiger partial charge is 0.127 e. The van der Waals surface area contributed by atoms with E-state index in [4.69, 9.17) is 16.3 Å². The summed E-state index contributed by atoms with van der Waals surface area (Å²) >= 11 is 5.92. The van der Waals surface area contributed by atoms with Crippen molar-refractivity contribution in [2.75, 3.05) is 6.61 Å². The van der Waals surface area contributed by atoms with E-state index in [1.807, 2.05) is 90.9 Å². The molecule has 42 heavy (non-hydrogen) atoms. The highest BCUT2D eigenvalue weighted by Crippen LogP contribution is 2.29. The molecule has 0 heterocycles. The van der Waals surface area contributed by atoms with Crippen molar-refractivity contribution < 1.29 is 4.74 Å². The van der Waals surface area contributed by atoms with E-state index >= 15 is 0 Å². The summed E-state index contributed by atoms with van der Waals surface area (Å²) in [6.07, 6.45) is 4.66. The number of aryl methyl sites for hydroxylation is 3. The van der Waals surface area contributed by atoms with E-state index in [0.717, 1.165) is 51.4 Å². The van der Waals surface area contributed by atoms with Crippen molar-refractivity contribution in [2.45, 2.75) is 75.7 Å². The number of rotatable bonds is 5. The summed E-state index contributed by atoms with van der Waals surface area (Å²) in [7, 11) is 0. The Kier molecular flexibility index (Phi) is 24.3. The van der Waals surface area contributed by atoms with Crippen molar-refractivity contribution in [3.05, 3.63) is 138 Å². The lowest BCUT2D eigenvalue weighted by atomic mass is 10.0. The van der Waals surface area contributed by atoms with Crippen molar-refractivity contribution in [1.82, 2.24) is 0 Å². The van der Waals surface area contributed by atoms with E-state index in [9.17, 15) is 0 Å². The van der Waals surface area contributed by atoms with E-state index in [1.165, 1.54) is 16.5 Å². The molecule has 0 aliphatic rings. The molecule has 0 bridgehead atoms. The SMILES string of the molecule is C=C(C)c1ccc(C)c(Cl)c1.C=CC.C=Cc1ccc(OCCC)c2ccccc12.CC.CC.Cc1ccccc1C. The Morgan fingerprint density at radius 3 is 1.69 bits per heavy atom. The minimum atomic E-state index is 0.761. The van der Waals surface area contributed by atoms with Crippen LogP contribution < -0.4 is 4.74 Å². The van der Waals surface area contributed by atoms with Gasteiger partial charge in [-0.3, -0.25) is 0 Å². The number of fused-ring (bicyclic) bond motifs is 1. The van der Waals surface area contributed by atoms with E-state index in [2.05, 4.69) is 83.0 Å². The first-order valence-electron chi connectivity index (χ1n) is 15.0. The van der Waals surface area contributed by atoms with Gasteiger partial charge in [-0.25, -0.2) is 0 Å². The van der Waals surface area contributed by atoms with E-state index in [1.54, 1.807) is 6.08 Å². The molecule has 0 amide bonds. The zero-order chi connectivity index (χ0) is 32.5. The molecule has 1 nitrogen and oxygen atoms in total. The Bertz CT molecular complexity index is 1300. The molecule has 0 atom stereocenters. The predicted molar refractivity (Wildman–Crippen MR) is 195 cm³/mol. The molecule has 0 aliphatic carbocycles. The van der Waals surface area contributed by atoms with Gasteiger partial charge in [-0.15, -0.1) is 6.58 Å². The van der Waals surface area contributed by atoms with Gasteiger partial charge in [0.2, 0.25) is 0 Å². The van der Waals surface area contributed by atoms with Crippen LogP contribution in [-0.2, 0) is 0 Å². The fourth-order valence-electron chi connectivity index (χ4n) is 3.33. The Morgan fingerprint density at radius 2 is 1.26 bits per heavy atom. The molecule has 228 valence electrons. The first kappa shape index (κ1) is 40.6. The molecule has 0 radical (unpaired) electrons. The first-order valence-corrected chi connectivity index (χ1v) is 15.4. The fraction of sp³-hybridized carbons (Fsp3) is 0.300. The van der Waals surface area contributed by atoms with E-state index in [-0.39, 0.29) is 0 Å². The average Bonchev–Trinajstić information content (AvgIpc) is 3.02. The summed E-state index contributed by atoms with van der Waals surface area (Å²) in [5.74, 6) is 0.961. The molecule has 4 rings (SSSR count). The third kappa shape index (κ3) is 15.5. The fourth-order valence-corrected chi connectivity index (χ4v) is 3.51. The molecule has 0 aliphatic heterocycles. The number of benzene rings is 4. The molecule has 0 N–H and O–H groups in total. The van der Waals surface area contributed by atoms with Crippen molar-refractivity contribution in [1.29, 1.82) is 0 Å². The van der Waals surface area contributed by atoms with Crippen LogP contribution in [0.1, 0.15) is 82.7 Å². The van der Waals surface area contributed by atoms with Gasteiger partial charge < -0.3 is 4.74 Å². The minimum absolute atomic E-state index is 0.761. The molecule has 2 heteroatoms. The number of halogens is 1. The maximum atomic E-state index is 5.92. The topological polar surface area (TPSA) is 9.23 Å². The zero-order valence-electron chi connectivity index (χ0n) is 28.0. The van der Waals surface area contributed by atoms with Gasteiger partial charge in [0.1, 0.15) is 5.75 Å². The molecule has 4 aromatic rings. The Hall–Kier alpha value is -3.55. The molecule has 4 aromatic carbocycles. The highest BCUT2D eigenvalue weighted by molar-refractivity contribution is 6.31. The lowest BCUT2D eigenvalue weighted by Crippen LogP contribution is -1.96. The largest absolute Gasteiger partial charge is 0.493 e. The molecular formula is C40H55ClO. The second-order valence-corrected chi connectivity index (χ2v) is 9.40. The lowest BCUT2D eigenvalue weighted by Gasteiger charge is -2.10. The van der Waals surface area contributed by atoms with Gasteiger partial charge in [-0.1, -0.05) is 144 Å². The quantitative estimate of drug-likeness (QED) is 0.211. The molecule has 0 aromatic heterocycles. The molecule has 0 saturated heterocycles. The summed E-state index contributed by atoms with van der Waals surface area (Å²) in [6, 6.07) is 26.7.